The highest BCUT2D eigenvalue weighted by molar-refractivity contribution is 6.00. The largest absolute Gasteiger partial charge is 0.497 e. The van der Waals surface area contributed by atoms with Crippen LogP contribution < -0.4 is 19.7 Å². The summed E-state index contributed by atoms with van der Waals surface area (Å²) < 4.78 is 26.8. The molecule has 0 radical (unpaired) electrons. The predicted molar refractivity (Wildman–Crippen MR) is 120 cm³/mol. The third-order valence-corrected chi connectivity index (χ3v) is 5.75. The summed E-state index contributed by atoms with van der Waals surface area (Å²) in [6.07, 6.45) is 3.42. The highest BCUT2D eigenvalue weighted by atomic mass is 19.1. The molecule has 2 amide bonds. The SMILES string of the molecule is COc1cc(OC)cc([C@@H](NC(=O)[C@@H]2CC(=O)N(c3ccccc3F)C2)c2nccn2C)c1. The standard InChI is InChI=1S/C24H25FN4O4/c1-28-9-8-26-23(28)22(15-10-17(32-2)13-18(11-15)33-3)27-24(31)16-12-21(30)29(14-16)20-7-5-4-6-19(20)25/h4-11,13,16,22H,12,14H2,1-3H3,(H,27,31)/t16-,22-/m1/s1. The van der Waals surface area contributed by atoms with Crippen LogP contribution in [0.25, 0.3) is 0 Å². The number of methoxy groups -OCH3 is 2. The van der Waals surface area contributed by atoms with Gasteiger partial charge in [-0.3, -0.25) is 9.59 Å². The molecule has 9 heteroatoms. The Labute approximate surface area is 190 Å². The molecule has 0 aliphatic carbocycles. The van der Waals surface area contributed by atoms with Crippen molar-refractivity contribution in [3.8, 4) is 11.5 Å². The second-order valence-corrected chi connectivity index (χ2v) is 7.84. The van der Waals surface area contributed by atoms with Crippen molar-refractivity contribution in [1.29, 1.82) is 0 Å². The maximum Gasteiger partial charge on any atom is 0.227 e. The number of nitrogens with one attached hydrogen (secondary N) is 1. The van der Waals surface area contributed by atoms with Crippen molar-refractivity contribution in [2.45, 2.75) is 12.5 Å². The average Bonchev–Trinajstić information content (AvgIpc) is 3.42. The first-order chi connectivity index (χ1) is 15.9. The van der Waals surface area contributed by atoms with E-state index in [4.69, 9.17) is 9.47 Å². The highest BCUT2D eigenvalue weighted by Gasteiger charge is 2.37. The number of hydrogen-bond donors (Lipinski definition) is 1. The van der Waals surface area contributed by atoms with Gasteiger partial charge in [0.15, 0.2) is 0 Å². The lowest BCUT2D eigenvalue weighted by Crippen LogP contribution is -2.37. The Morgan fingerprint density at radius 3 is 2.48 bits per heavy atom. The van der Waals surface area contributed by atoms with Gasteiger partial charge in [-0.15, -0.1) is 0 Å². The van der Waals surface area contributed by atoms with Gasteiger partial charge in [0, 0.05) is 38.5 Å². The number of rotatable bonds is 7. The van der Waals surface area contributed by atoms with Crippen molar-refractivity contribution < 1.29 is 23.5 Å². The van der Waals surface area contributed by atoms with Gasteiger partial charge in [-0.2, -0.15) is 0 Å². The molecule has 1 fully saturated rings. The zero-order valence-electron chi connectivity index (χ0n) is 18.6. The van der Waals surface area contributed by atoms with Crippen LogP contribution in [0.5, 0.6) is 11.5 Å². The molecule has 1 aromatic heterocycles. The number of carbonyl (C=O) groups excluding carboxylic acids is 2. The molecule has 2 atom stereocenters. The Balaban J connectivity index is 1.61. The molecule has 0 unspecified atom stereocenters. The highest BCUT2D eigenvalue weighted by Crippen LogP contribution is 2.31. The predicted octanol–water partition coefficient (Wildman–Crippen LogP) is 2.84. The molecule has 2 heterocycles. The zero-order chi connectivity index (χ0) is 23.5. The van der Waals surface area contributed by atoms with Gasteiger partial charge in [0.1, 0.15) is 29.2 Å². The van der Waals surface area contributed by atoms with E-state index in [2.05, 4.69) is 10.3 Å². The van der Waals surface area contributed by atoms with E-state index < -0.39 is 17.8 Å². The summed E-state index contributed by atoms with van der Waals surface area (Å²) in [6, 6.07) is 10.8. The van der Waals surface area contributed by atoms with Crippen LogP contribution in [0, 0.1) is 11.7 Å². The Morgan fingerprint density at radius 2 is 1.88 bits per heavy atom. The summed E-state index contributed by atoms with van der Waals surface area (Å²) in [5.41, 5.74) is 0.889. The lowest BCUT2D eigenvalue weighted by atomic mass is 10.0. The molecule has 1 N–H and O–H groups in total. The first-order valence-electron chi connectivity index (χ1n) is 10.5. The fourth-order valence-corrected chi connectivity index (χ4v) is 4.00. The van der Waals surface area contributed by atoms with Crippen LogP contribution in [-0.4, -0.2) is 42.1 Å². The second-order valence-electron chi connectivity index (χ2n) is 7.84. The minimum atomic E-state index is -0.632. The summed E-state index contributed by atoms with van der Waals surface area (Å²) in [6.45, 7) is 0.0975. The van der Waals surface area contributed by atoms with Gasteiger partial charge in [0.2, 0.25) is 11.8 Å². The van der Waals surface area contributed by atoms with Gasteiger partial charge in [-0.05, 0) is 29.8 Å². The van der Waals surface area contributed by atoms with E-state index in [1.54, 1.807) is 56.9 Å². The summed E-state index contributed by atoms with van der Waals surface area (Å²) in [4.78, 5) is 31.6. The summed E-state index contributed by atoms with van der Waals surface area (Å²) >= 11 is 0. The molecule has 172 valence electrons. The number of hydrogen-bond acceptors (Lipinski definition) is 5. The van der Waals surface area contributed by atoms with E-state index in [9.17, 15) is 14.0 Å². The molecular formula is C24H25FN4O4. The van der Waals surface area contributed by atoms with Crippen molar-refractivity contribution in [3.05, 3.63) is 72.1 Å². The minimum absolute atomic E-state index is 0.00507. The molecule has 8 nitrogen and oxygen atoms in total. The van der Waals surface area contributed by atoms with Gasteiger partial charge in [-0.1, -0.05) is 12.1 Å². The molecule has 0 spiro atoms. The fourth-order valence-electron chi connectivity index (χ4n) is 4.00. The smallest absolute Gasteiger partial charge is 0.227 e. The Bertz CT molecular complexity index is 1160. The molecule has 1 aliphatic rings. The zero-order valence-corrected chi connectivity index (χ0v) is 18.6. The van der Waals surface area contributed by atoms with Crippen molar-refractivity contribution >= 4 is 17.5 Å². The lowest BCUT2D eigenvalue weighted by Gasteiger charge is -2.22. The number of carbonyl (C=O) groups is 2. The number of para-hydroxylation sites is 1. The van der Waals surface area contributed by atoms with E-state index in [0.717, 1.165) is 0 Å². The molecule has 1 aliphatic heterocycles. The van der Waals surface area contributed by atoms with Crippen molar-refractivity contribution in [1.82, 2.24) is 14.9 Å². The number of aryl methyl sites for hydroxylation is 1. The Morgan fingerprint density at radius 1 is 1.18 bits per heavy atom. The number of imidazole rings is 1. The molecule has 33 heavy (non-hydrogen) atoms. The van der Waals surface area contributed by atoms with Crippen LogP contribution in [-0.2, 0) is 16.6 Å². The number of ether oxygens (including phenoxy) is 2. The van der Waals surface area contributed by atoms with Crippen LogP contribution in [0.3, 0.4) is 0 Å². The Kier molecular flexibility index (Phi) is 6.30. The molecular weight excluding hydrogens is 427 g/mol. The third kappa shape index (κ3) is 4.52. The van der Waals surface area contributed by atoms with Crippen molar-refractivity contribution in [3.63, 3.8) is 0 Å². The van der Waals surface area contributed by atoms with Crippen LogP contribution in [0.15, 0.2) is 54.9 Å². The average molecular weight is 452 g/mol. The van der Waals surface area contributed by atoms with Gasteiger partial charge >= 0.3 is 0 Å². The summed E-state index contributed by atoms with van der Waals surface area (Å²) in [5, 5.41) is 3.02. The number of anilines is 1. The number of halogens is 1. The number of amides is 2. The van der Waals surface area contributed by atoms with Crippen LogP contribution >= 0.6 is 0 Å². The molecule has 2 aromatic carbocycles. The van der Waals surface area contributed by atoms with E-state index in [1.165, 1.54) is 17.0 Å². The fraction of sp³-hybridized carbons (Fsp3) is 0.292. The summed E-state index contributed by atoms with van der Waals surface area (Å²) in [7, 11) is 4.93. The number of aromatic nitrogens is 2. The third-order valence-electron chi connectivity index (χ3n) is 5.75. The summed E-state index contributed by atoms with van der Waals surface area (Å²) in [5.74, 6) is -0.00411. The first-order valence-corrected chi connectivity index (χ1v) is 10.5. The van der Waals surface area contributed by atoms with E-state index in [0.29, 0.717) is 22.9 Å². The van der Waals surface area contributed by atoms with Gasteiger partial charge in [0.25, 0.3) is 0 Å². The van der Waals surface area contributed by atoms with Gasteiger partial charge in [0.05, 0.1) is 25.8 Å². The quantitative estimate of drug-likeness (QED) is 0.596. The van der Waals surface area contributed by atoms with Crippen molar-refractivity contribution in [2.24, 2.45) is 13.0 Å². The molecule has 3 aromatic rings. The van der Waals surface area contributed by atoms with Gasteiger partial charge in [-0.25, -0.2) is 9.37 Å². The topological polar surface area (TPSA) is 85.7 Å². The maximum absolute atomic E-state index is 14.2. The lowest BCUT2D eigenvalue weighted by molar-refractivity contribution is -0.126. The normalized spacial score (nSPS) is 16.5. The number of benzene rings is 2. The second kappa shape index (κ2) is 9.32. The van der Waals surface area contributed by atoms with E-state index in [-0.39, 0.29) is 30.5 Å². The van der Waals surface area contributed by atoms with Crippen LogP contribution in [0.2, 0.25) is 0 Å². The van der Waals surface area contributed by atoms with E-state index in [1.807, 2.05) is 11.6 Å². The Hall–Kier alpha value is -3.88. The van der Waals surface area contributed by atoms with Crippen LogP contribution in [0.4, 0.5) is 10.1 Å². The van der Waals surface area contributed by atoms with Crippen molar-refractivity contribution in [2.75, 3.05) is 25.7 Å². The first kappa shape index (κ1) is 22.3. The minimum Gasteiger partial charge on any atom is -0.497 e. The molecule has 0 bridgehead atoms. The molecule has 0 saturated carbocycles. The molecule has 1 saturated heterocycles. The van der Waals surface area contributed by atoms with Gasteiger partial charge < -0.3 is 24.3 Å². The molecule has 4 rings (SSSR count). The van der Waals surface area contributed by atoms with E-state index >= 15 is 0 Å². The van der Waals surface area contributed by atoms with Crippen LogP contribution in [0.1, 0.15) is 23.9 Å². The number of nitrogens with zero attached hydrogens (tertiary/aromatic N) is 3. The maximum atomic E-state index is 14.2. The monoisotopic (exact) mass is 452 g/mol.